The Kier molecular flexibility index (Phi) is 4.73. The lowest BCUT2D eigenvalue weighted by atomic mass is 10.2. The fourth-order valence-corrected chi connectivity index (χ4v) is 1.53. The van der Waals surface area contributed by atoms with Crippen molar-refractivity contribution in [2.24, 2.45) is 5.92 Å². The molecule has 1 atom stereocenters. The monoisotopic (exact) mass is 270 g/mol. The molecule has 1 unspecified atom stereocenters. The number of nitrogens with zero attached hydrogens (tertiary/aromatic N) is 1. The highest BCUT2D eigenvalue weighted by Gasteiger charge is 2.03. The molecule has 2 nitrogen and oxygen atoms in total. The first-order chi connectivity index (χ1) is 7.13. The Hall–Kier alpha value is -0.920. The average Bonchev–Trinajstić information content (AvgIpc) is 2.23. The molecule has 0 amide bonds. The third-order valence-electron chi connectivity index (χ3n) is 1.99. The smallest absolute Gasteiger partial charge is 0.123 e. The van der Waals surface area contributed by atoms with E-state index >= 15 is 0 Å². The average molecular weight is 271 g/mol. The van der Waals surface area contributed by atoms with E-state index in [1.54, 1.807) is 6.07 Å². The lowest BCUT2D eigenvalue weighted by Crippen LogP contribution is -2.20. The molecule has 0 aliphatic heterocycles. The molecule has 0 aliphatic rings. The van der Waals surface area contributed by atoms with Gasteiger partial charge in [-0.1, -0.05) is 15.9 Å². The molecule has 1 aromatic carbocycles. The summed E-state index contributed by atoms with van der Waals surface area (Å²) in [6, 6.07) is 6.70. The molecule has 80 valence electrons. The third-order valence-corrected chi connectivity index (χ3v) is 2.77. The van der Waals surface area contributed by atoms with Gasteiger partial charge in [0.1, 0.15) is 5.82 Å². The van der Waals surface area contributed by atoms with Crippen molar-refractivity contribution in [1.29, 1.82) is 5.26 Å². The van der Waals surface area contributed by atoms with Crippen LogP contribution in [0.25, 0.3) is 0 Å². The number of halogens is 2. The molecule has 0 aliphatic carbocycles. The number of benzene rings is 1. The second kappa shape index (κ2) is 5.84. The van der Waals surface area contributed by atoms with E-state index in [9.17, 15) is 4.39 Å². The van der Waals surface area contributed by atoms with Gasteiger partial charge in [0.25, 0.3) is 0 Å². The Morgan fingerprint density at radius 3 is 3.00 bits per heavy atom. The molecule has 0 radical (unpaired) electrons. The van der Waals surface area contributed by atoms with Crippen molar-refractivity contribution in [3.05, 3.63) is 34.1 Å². The van der Waals surface area contributed by atoms with Gasteiger partial charge >= 0.3 is 0 Å². The highest BCUT2D eigenvalue weighted by Crippen LogP contribution is 2.17. The largest absolute Gasteiger partial charge is 0.311 e. The van der Waals surface area contributed by atoms with Gasteiger partial charge in [-0.3, -0.25) is 0 Å². The summed E-state index contributed by atoms with van der Waals surface area (Å²) in [6.07, 6.45) is 0. The van der Waals surface area contributed by atoms with E-state index in [-0.39, 0.29) is 11.7 Å². The second-order valence-corrected chi connectivity index (χ2v) is 4.25. The van der Waals surface area contributed by atoms with Gasteiger partial charge in [-0.25, -0.2) is 4.39 Å². The van der Waals surface area contributed by atoms with Crippen LogP contribution in [0.1, 0.15) is 12.5 Å². The molecular weight excluding hydrogens is 259 g/mol. The van der Waals surface area contributed by atoms with Crippen molar-refractivity contribution < 1.29 is 4.39 Å². The number of nitrogens with one attached hydrogen (secondary N) is 1. The van der Waals surface area contributed by atoms with Crippen LogP contribution in [0.5, 0.6) is 0 Å². The van der Waals surface area contributed by atoms with Crippen LogP contribution in [-0.4, -0.2) is 6.54 Å². The summed E-state index contributed by atoms with van der Waals surface area (Å²) in [4.78, 5) is 0. The first kappa shape index (κ1) is 12.2. The second-order valence-electron chi connectivity index (χ2n) is 3.40. The summed E-state index contributed by atoms with van der Waals surface area (Å²) in [5, 5.41) is 11.7. The minimum Gasteiger partial charge on any atom is -0.311 e. The zero-order valence-electron chi connectivity index (χ0n) is 8.43. The topological polar surface area (TPSA) is 35.8 Å². The number of hydrogen-bond donors (Lipinski definition) is 1. The Morgan fingerprint density at radius 2 is 2.33 bits per heavy atom. The van der Waals surface area contributed by atoms with Crippen LogP contribution in [0, 0.1) is 23.1 Å². The van der Waals surface area contributed by atoms with E-state index in [1.165, 1.54) is 12.1 Å². The van der Waals surface area contributed by atoms with E-state index in [1.807, 2.05) is 6.92 Å². The number of nitriles is 1. The summed E-state index contributed by atoms with van der Waals surface area (Å²) in [6.45, 7) is 3.01. The molecule has 1 aromatic rings. The Labute approximate surface area is 97.2 Å². The summed E-state index contributed by atoms with van der Waals surface area (Å²) >= 11 is 3.34. The maximum Gasteiger partial charge on any atom is 0.123 e. The van der Waals surface area contributed by atoms with Crippen molar-refractivity contribution in [3.8, 4) is 6.07 Å². The summed E-state index contributed by atoms with van der Waals surface area (Å²) in [7, 11) is 0. The lowest BCUT2D eigenvalue weighted by molar-refractivity contribution is 0.592. The van der Waals surface area contributed by atoms with Crippen LogP contribution in [0.3, 0.4) is 0 Å². The van der Waals surface area contributed by atoms with Crippen LogP contribution in [0.2, 0.25) is 0 Å². The maximum atomic E-state index is 12.9. The normalized spacial score (nSPS) is 12.1. The summed E-state index contributed by atoms with van der Waals surface area (Å²) < 4.78 is 13.8. The van der Waals surface area contributed by atoms with Crippen LogP contribution in [0.15, 0.2) is 22.7 Å². The molecular formula is C11H12BrFN2. The summed E-state index contributed by atoms with van der Waals surface area (Å²) in [5.41, 5.74) is 0.861. The Balaban J connectivity index is 2.51. The quantitative estimate of drug-likeness (QED) is 0.914. The maximum absolute atomic E-state index is 12.9. The van der Waals surface area contributed by atoms with E-state index < -0.39 is 0 Å². The van der Waals surface area contributed by atoms with Crippen molar-refractivity contribution >= 4 is 15.9 Å². The Bertz CT molecular complexity index is 373. The molecule has 0 spiro atoms. The van der Waals surface area contributed by atoms with Gasteiger partial charge in [0, 0.05) is 17.6 Å². The van der Waals surface area contributed by atoms with Crippen molar-refractivity contribution in [2.75, 3.05) is 6.54 Å². The molecule has 1 N–H and O–H groups in total. The van der Waals surface area contributed by atoms with Gasteiger partial charge in [-0.05, 0) is 30.7 Å². The molecule has 4 heteroatoms. The minimum absolute atomic E-state index is 0.0302. The fraction of sp³-hybridized carbons (Fsp3) is 0.364. The van der Waals surface area contributed by atoms with Crippen LogP contribution in [0.4, 0.5) is 4.39 Å². The summed E-state index contributed by atoms with van der Waals surface area (Å²) in [5.74, 6) is -0.277. The highest BCUT2D eigenvalue weighted by molar-refractivity contribution is 9.10. The van der Waals surface area contributed by atoms with Crippen LogP contribution in [-0.2, 0) is 6.54 Å². The van der Waals surface area contributed by atoms with Crippen molar-refractivity contribution in [3.63, 3.8) is 0 Å². The van der Waals surface area contributed by atoms with Crippen molar-refractivity contribution in [2.45, 2.75) is 13.5 Å². The first-order valence-corrected chi connectivity index (χ1v) is 5.47. The Morgan fingerprint density at radius 1 is 1.60 bits per heavy atom. The molecule has 0 aromatic heterocycles. The highest BCUT2D eigenvalue weighted by atomic mass is 79.9. The minimum atomic E-state index is -0.247. The van der Waals surface area contributed by atoms with E-state index in [2.05, 4.69) is 27.3 Å². The molecule has 15 heavy (non-hydrogen) atoms. The van der Waals surface area contributed by atoms with E-state index in [0.29, 0.717) is 13.1 Å². The predicted molar refractivity (Wildman–Crippen MR) is 60.6 cm³/mol. The lowest BCUT2D eigenvalue weighted by Gasteiger charge is -2.07. The SMILES string of the molecule is CC(C#N)CNCc1cc(F)ccc1Br. The van der Waals surface area contributed by atoms with Gasteiger partial charge in [0.15, 0.2) is 0 Å². The number of rotatable bonds is 4. The number of hydrogen-bond acceptors (Lipinski definition) is 2. The van der Waals surface area contributed by atoms with Gasteiger partial charge in [0.2, 0.25) is 0 Å². The van der Waals surface area contributed by atoms with E-state index in [0.717, 1.165) is 10.0 Å². The molecule has 0 saturated carbocycles. The van der Waals surface area contributed by atoms with E-state index in [4.69, 9.17) is 5.26 Å². The molecule has 0 heterocycles. The molecule has 0 fully saturated rings. The molecule has 0 bridgehead atoms. The van der Waals surface area contributed by atoms with Crippen LogP contribution < -0.4 is 5.32 Å². The van der Waals surface area contributed by atoms with Crippen molar-refractivity contribution in [1.82, 2.24) is 5.32 Å². The third kappa shape index (κ3) is 3.98. The molecule has 0 saturated heterocycles. The van der Waals surface area contributed by atoms with Crippen LogP contribution >= 0.6 is 15.9 Å². The van der Waals surface area contributed by atoms with Gasteiger partial charge in [-0.15, -0.1) is 0 Å². The first-order valence-electron chi connectivity index (χ1n) is 4.67. The predicted octanol–water partition coefficient (Wildman–Crippen LogP) is 2.84. The zero-order chi connectivity index (χ0) is 11.3. The zero-order valence-corrected chi connectivity index (χ0v) is 10.0. The van der Waals surface area contributed by atoms with Gasteiger partial charge < -0.3 is 5.32 Å². The fourth-order valence-electron chi connectivity index (χ4n) is 1.15. The van der Waals surface area contributed by atoms with Gasteiger partial charge in [0.05, 0.1) is 12.0 Å². The standard InChI is InChI=1S/C11H12BrFN2/c1-8(5-14)6-15-7-9-4-10(13)2-3-11(9)12/h2-4,8,15H,6-7H2,1H3. The van der Waals surface area contributed by atoms with Gasteiger partial charge in [-0.2, -0.15) is 5.26 Å². The molecule has 1 rings (SSSR count).